The first-order valence-corrected chi connectivity index (χ1v) is 6.84. The summed E-state index contributed by atoms with van der Waals surface area (Å²) >= 11 is 6.12. The van der Waals surface area contributed by atoms with E-state index in [2.05, 4.69) is 0 Å². The molecular formula is C17H13ClO2. The number of rotatable bonds is 1. The van der Waals surface area contributed by atoms with Gasteiger partial charge in [-0.2, -0.15) is 0 Å². The molecule has 2 aromatic rings. The molecule has 0 fully saturated rings. The molecule has 0 heterocycles. The highest BCUT2D eigenvalue weighted by Gasteiger charge is 2.22. The van der Waals surface area contributed by atoms with Gasteiger partial charge in [-0.15, -0.1) is 0 Å². The molecule has 1 N–H and O–H groups in total. The lowest BCUT2D eigenvalue weighted by Crippen LogP contribution is -2.13. The molecule has 0 atom stereocenters. The Morgan fingerprint density at radius 1 is 1.10 bits per heavy atom. The molecule has 1 aliphatic rings. The van der Waals surface area contributed by atoms with Gasteiger partial charge in [0.1, 0.15) is 5.75 Å². The van der Waals surface area contributed by atoms with Crippen LogP contribution < -0.4 is 0 Å². The third kappa shape index (κ3) is 2.35. The van der Waals surface area contributed by atoms with E-state index in [4.69, 9.17) is 11.6 Å². The smallest absolute Gasteiger partial charge is 0.189 e. The molecular weight excluding hydrogens is 272 g/mol. The number of hydrogen-bond acceptors (Lipinski definition) is 2. The normalized spacial score (nSPS) is 16.2. The predicted octanol–water partition coefficient (Wildman–Crippen LogP) is 4.26. The van der Waals surface area contributed by atoms with Crippen molar-refractivity contribution in [3.63, 3.8) is 0 Å². The van der Waals surface area contributed by atoms with E-state index in [1.54, 1.807) is 12.1 Å². The Morgan fingerprint density at radius 3 is 2.70 bits per heavy atom. The molecule has 0 aliphatic heterocycles. The van der Waals surface area contributed by atoms with Crippen LogP contribution in [0.4, 0.5) is 0 Å². The highest BCUT2D eigenvalue weighted by Crippen LogP contribution is 2.30. The molecule has 0 aromatic heterocycles. The fraction of sp³-hybridized carbons (Fsp3) is 0.118. The second kappa shape index (κ2) is 5.14. The van der Waals surface area contributed by atoms with Gasteiger partial charge >= 0.3 is 0 Å². The summed E-state index contributed by atoms with van der Waals surface area (Å²) < 4.78 is 0. The van der Waals surface area contributed by atoms with Crippen molar-refractivity contribution in [3.05, 3.63) is 69.8 Å². The Hall–Kier alpha value is -2.06. The zero-order chi connectivity index (χ0) is 14.1. The van der Waals surface area contributed by atoms with Crippen molar-refractivity contribution in [3.8, 4) is 5.75 Å². The van der Waals surface area contributed by atoms with E-state index >= 15 is 0 Å². The largest absolute Gasteiger partial charge is 0.508 e. The predicted molar refractivity (Wildman–Crippen MR) is 80.2 cm³/mol. The van der Waals surface area contributed by atoms with Crippen molar-refractivity contribution in [2.24, 2.45) is 0 Å². The van der Waals surface area contributed by atoms with E-state index in [9.17, 15) is 9.90 Å². The Morgan fingerprint density at radius 2 is 1.90 bits per heavy atom. The molecule has 0 saturated heterocycles. The molecule has 1 aliphatic carbocycles. The highest BCUT2D eigenvalue weighted by atomic mass is 35.5. The van der Waals surface area contributed by atoms with E-state index in [1.165, 1.54) is 6.07 Å². The van der Waals surface area contributed by atoms with Crippen LogP contribution in [0, 0.1) is 0 Å². The summed E-state index contributed by atoms with van der Waals surface area (Å²) in [6.07, 6.45) is 3.34. The Bertz CT molecular complexity index is 717. The first-order chi connectivity index (χ1) is 9.65. The van der Waals surface area contributed by atoms with Crippen molar-refractivity contribution in [2.45, 2.75) is 12.8 Å². The number of carbonyl (C=O) groups is 1. The molecule has 3 heteroatoms. The third-order valence-electron chi connectivity index (χ3n) is 3.53. The van der Waals surface area contributed by atoms with E-state index < -0.39 is 0 Å². The zero-order valence-electron chi connectivity index (χ0n) is 10.8. The number of benzene rings is 2. The van der Waals surface area contributed by atoms with Crippen LogP contribution >= 0.6 is 11.6 Å². The number of aryl methyl sites for hydroxylation is 1. The SMILES string of the molecule is O=C1/C(=C/c2ccccc2Cl)CCc2ccc(O)cc21. The van der Waals surface area contributed by atoms with Crippen molar-refractivity contribution >= 4 is 23.5 Å². The molecule has 2 nitrogen and oxygen atoms in total. The third-order valence-corrected chi connectivity index (χ3v) is 3.87. The van der Waals surface area contributed by atoms with Crippen molar-refractivity contribution < 1.29 is 9.90 Å². The zero-order valence-corrected chi connectivity index (χ0v) is 11.5. The molecule has 2 aromatic carbocycles. The van der Waals surface area contributed by atoms with Crippen LogP contribution in [-0.2, 0) is 6.42 Å². The Kier molecular flexibility index (Phi) is 3.33. The number of carbonyl (C=O) groups excluding carboxylic acids is 1. The number of fused-ring (bicyclic) bond motifs is 1. The number of phenols is 1. The van der Waals surface area contributed by atoms with E-state index in [1.807, 2.05) is 30.3 Å². The number of phenolic OH excluding ortho intramolecular Hbond substituents is 1. The van der Waals surface area contributed by atoms with Crippen LogP contribution in [0.15, 0.2) is 48.0 Å². The molecule has 0 amide bonds. The second-order valence-corrected chi connectivity index (χ2v) is 5.27. The minimum Gasteiger partial charge on any atom is -0.508 e. The first kappa shape index (κ1) is 12.9. The van der Waals surface area contributed by atoms with Gasteiger partial charge in [-0.1, -0.05) is 35.9 Å². The molecule has 20 heavy (non-hydrogen) atoms. The van der Waals surface area contributed by atoms with E-state index in [-0.39, 0.29) is 11.5 Å². The quantitative estimate of drug-likeness (QED) is 0.795. The van der Waals surface area contributed by atoms with Gasteiger partial charge in [0.2, 0.25) is 0 Å². The molecule has 0 bridgehead atoms. The van der Waals surface area contributed by atoms with Gasteiger partial charge in [-0.25, -0.2) is 0 Å². The minimum absolute atomic E-state index is 0.0259. The topological polar surface area (TPSA) is 37.3 Å². The summed E-state index contributed by atoms with van der Waals surface area (Å²) in [6, 6.07) is 12.4. The second-order valence-electron chi connectivity index (χ2n) is 4.86. The summed E-state index contributed by atoms with van der Waals surface area (Å²) in [5.41, 5.74) is 3.16. The number of halogens is 1. The summed E-state index contributed by atoms with van der Waals surface area (Å²) in [4.78, 5) is 12.5. The number of aromatic hydroxyl groups is 1. The van der Waals surface area contributed by atoms with Crippen molar-refractivity contribution in [1.29, 1.82) is 0 Å². The fourth-order valence-electron chi connectivity index (χ4n) is 2.47. The summed E-state index contributed by atoms with van der Waals surface area (Å²) in [5, 5.41) is 10.2. The summed E-state index contributed by atoms with van der Waals surface area (Å²) in [7, 11) is 0. The lowest BCUT2D eigenvalue weighted by Gasteiger charge is -2.17. The summed E-state index contributed by atoms with van der Waals surface area (Å²) in [6.45, 7) is 0. The standard InChI is InChI=1S/C17H13ClO2/c18-16-4-2-1-3-12(16)9-13-6-5-11-7-8-14(19)10-15(11)17(13)20/h1-4,7-10,19H,5-6H2/b13-9+. The van der Waals surface area contributed by atoms with Crippen LogP contribution in [0.5, 0.6) is 5.75 Å². The van der Waals surface area contributed by atoms with Crippen LogP contribution in [0.1, 0.15) is 27.9 Å². The molecule has 100 valence electrons. The maximum absolute atomic E-state index is 12.5. The van der Waals surface area contributed by atoms with Crippen molar-refractivity contribution in [2.75, 3.05) is 0 Å². The van der Waals surface area contributed by atoms with Crippen LogP contribution in [0.2, 0.25) is 5.02 Å². The van der Waals surface area contributed by atoms with Gasteiger partial charge in [0.25, 0.3) is 0 Å². The average Bonchev–Trinajstić information content (AvgIpc) is 2.45. The maximum Gasteiger partial charge on any atom is 0.189 e. The van der Waals surface area contributed by atoms with Crippen LogP contribution in [0.25, 0.3) is 6.08 Å². The number of Topliss-reactive ketones (excluding diaryl/α,β-unsaturated/α-hetero) is 1. The average molecular weight is 285 g/mol. The summed E-state index contributed by atoms with van der Waals surface area (Å²) in [5.74, 6) is 0.0955. The maximum atomic E-state index is 12.5. The van der Waals surface area contributed by atoms with Gasteiger partial charge in [-0.3, -0.25) is 4.79 Å². The lowest BCUT2D eigenvalue weighted by atomic mass is 9.86. The first-order valence-electron chi connectivity index (χ1n) is 6.47. The van der Waals surface area contributed by atoms with E-state index in [0.717, 1.165) is 23.1 Å². The van der Waals surface area contributed by atoms with Gasteiger partial charge in [0.05, 0.1) is 0 Å². The number of hydrogen-bond donors (Lipinski definition) is 1. The lowest BCUT2D eigenvalue weighted by molar-refractivity contribution is 0.102. The molecule has 0 saturated carbocycles. The van der Waals surface area contributed by atoms with Crippen LogP contribution in [-0.4, -0.2) is 10.9 Å². The Labute approximate surface area is 122 Å². The number of ketones is 1. The molecule has 0 spiro atoms. The monoisotopic (exact) mass is 284 g/mol. The van der Waals surface area contributed by atoms with Crippen LogP contribution in [0.3, 0.4) is 0 Å². The van der Waals surface area contributed by atoms with Gasteiger partial charge in [-0.05, 0) is 48.2 Å². The van der Waals surface area contributed by atoms with Crippen molar-refractivity contribution in [1.82, 2.24) is 0 Å². The van der Waals surface area contributed by atoms with Gasteiger partial charge in [0.15, 0.2) is 5.78 Å². The molecule has 0 unspecified atom stereocenters. The Balaban J connectivity index is 2.02. The fourth-order valence-corrected chi connectivity index (χ4v) is 2.66. The number of allylic oxidation sites excluding steroid dienone is 1. The highest BCUT2D eigenvalue weighted by molar-refractivity contribution is 6.32. The molecule has 0 radical (unpaired) electrons. The minimum atomic E-state index is -0.0259. The van der Waals surface area contributed by atoms with Gasteiger partial charge < -0.3 is 5.11 Å². The molecule has 3 rings (SSSR count). The van der Waals surface area contributed by atoms with E-state index in [0.29, 0.717) is 17.0 Å². The van der Waals surface area contributed by atoms with Gasteiger partial charge in [0, 0.05) is 16.2 Å².